The number of fused-ring (bicyclic) bond motifs is 1. The van der Waals surface area contributed by atoms with E-state index >= 15 is 0 Å². The van der Waals surface area contributed by atoms with E-state index in [0.29, 0.717) is 0 Å². The lowest BCUT2D eigenvalue weighted by Gasteiger charge is -2.18. The number of hydrogen-bond donors (Lipinski definition) is 2. The van der Waals surface area contributed by atoms with Gasteiger partial charge in [-0.15, -0.1) is 0 Å². The largest absolute Gasteiger partial charge is 0.271 e. The van der Waals surface area contributed by atoms with Crippen molar-refractivity contribution < 1.29 is 0 Å². The van der Waals surface area contributed by atoms with Crippen molar-refractivity contribution in [1.29, 1.82) is 0 Å². The lowest BCUT2D eigenvalue weighted by Crippen LogP contribution is -2.29. The molecule has 100 valence electrons. The van der Waals surface area contributed by atoms with Gasteiger partial charge in [-0.1, -0.05) is 30.3 Å². The zero-order valence-corrected chi connectivity index (χ0v) is 11.2. The van der Waals surface area contributed by atoms with Crippen LogP contribution < -0.4 is 11.3 Å². The maximum absolute atomic E-state index is 5.76. The smallest absolute Gasteiger partial charge is 0.0753 e. The van der Waals surface area contributed by atoms with E-state index in [-0.39, 0.29) is 6.04 Å². The summed E-state index contributed by atoms with van der Waals surface area (Å²) in [6.45, 7) is 1.97. The third-order valence-corrected chi connectivity index (χ3v) is 3.41. The van der Waals surface area contributed by atoms with Crippen molar-refractivity contribution in [3.63, 3.8) is 0 Å². The number of nitrogens with two attached hydrogens (primary N) is 1. The average Bonchev–Trinajstić information content (AvgIpc) is 2.50. The number of hydrogen-bond acceptors (Lipinski definition) is 4. The fourth-order valence-electron chi connectivity index (χ4n) is 2.38. The maximum atomic E-state index is 5.76. The van der Waals surface area contributed by atoms with Crippen molar-refractivity contribution in [3.8, 4) is 0 Å². The second-order valence-corrected chi connectivity index (χ2v) is 4.75. The number of rotatable bonds is 3. The molecule has 20 heavy (non-hydrogen) atoms. The van der Waals surface area contributed by atoms with E-state index in [1.807, 2.05) is 55.6 Å². The van der Waals surface area contributed by atoms with E-state index in [1.165, 1.54) is 0 Å². The Morgan fingerprint density at radius 3 is 2.65 bits per heavy atom. The molecule has 0 fully saturated rings. The first-order valence-electron chi connectivity index (χ1n) is 6.52. The summed E-state index contributed by atoms with van der Waals surface area (Å²) in [5.41, 5.74) is 6.89. The van der Waals surface area contributed by atoms with Gasteiger partial charge in [-0.2, -0.15) is 0 Å². The highest BCUT2D eigenvalue weighted by Crippen LogP contribution is 2.26. The van der Waals surface area contributed by atoms with E-state index in [0.717, 1.165) is 27.7 Å². The first-order valence-corrected chi connectivity index (χ1v) is 6.52. The number of aromatic nitrogens is 2. The van der Waals surface area contributed by atoms with Crippen molar-refractivity contribution in [2.45, 2.75) is 13.0 Å². The monoisotopic (exact) mass is 264 g/mol. The minimum absolute atomic E-state index is 0.123. The number of hydrazine groups is 1. The molecular weight excluding hydrogens is 248 g/mol. The Morgan fingerprint density at radius 1 is 1.05 bits per heavy atom. The first-order chi connectivity index (χ1) is 9.79. The second-order valence-electron chi connectivity index (χ2n) is 4.75. The molecule has 3 N–H and O–H groups in total. The fraction of sp³-hybridized carbons (Fsp3) is 0.125. The van der Waals surface area contributed by atoms with Crippen molar-refractivity contribution in [2.75, 3.05) is 0 Å². The van der Waals surface area contributed by atoms with E-state index in [2.05, 4.69) is 15.4 Å². The van der Waals surface area contributed by atoms with Gasteiger partial charge in [0.2, 0.25) is 0 Å². The minimum Gasteiger partial charge on any atom is -0.271 e. The summed E-state index contributed by atoms with van der Waals surface area (Å²) >= 11 is 0. The molecule has 1 unspecified atom stereocenters. The normalized spacial score (nSPS) is 12.5. The molecule has 0 radical (unpaired) electrons. The second kappa shape index (κ2) is 5.36. The van der Waals surface area contributed by atoms with Crippen LogP contribution in [-0.2, 0) is 0 Å². The van der Waals surface area contributed by atoms with Gasteiger partial charge in [0, 0.05) is 29.0 Å². The van der Waals surface area contributed by atoms with Crippen molar-refractivity contribution >= 4 is 10.9 Å². The van der Waals surface area contributed by atoms with Gasteiger partial charge in [0.25, 0.3) is 0 Å². The molecule has 0 bridgehead atoms. The van der Waals surface area contributed by atoms with E-state index in [9.17, 15) is 0 Å². The molecule has 1 atom stereocenters. The molecule has 3 aromatic rings. The summed E-state index contributed by atoms with van der Waals surface area (Å²) in [7, 11) is 0. The molecule has 0 aliphatic heterocycles. The van der Waals surface area contributed by atoms with Crippen LogP contribution in [0.1, 0.15) is 22.9 Å². The number of benzene rings is 1. The van der Waals surface area contributed by atoms with Crippen LogP contribution in [0.25, 0.3) is 10.9 Å². The number of nitrogens with zero attached hydrogens (tertiary/aromatic N) is 2. The summed E-state index contributed by atoms with van der Waals surface area (Å²) in [6, 6.07) is 14.0. The number of pyridine rings is 2. The van der Waals surface area contributed by atoms with Crippen LogP contribution in [0.15, 0.2) is 54.9 Å². The third kappa shape index (κ3) is 2.27. The van der Waals surface area contributed by atoms with Crippen LogP contribution in [0, 0.1) is 6.92 Å². The van der Waals surface area contributed by atoms with Gasteiger partial charge in [0.05, 0.1) is 11.6 Å². The standard InChI is InChI=1S/C16H16N4/c1-11-7-8-13(10-19-11)16(20-17)14-6-2-4-12-5-3-9-18-15(12)14/h2-10,16,20H,17H2,1H3. The summed E-state index contributed by atoms with van der Waals surface area (Å²) < 4.78 is 0. The van der Waals surface area contributed by atoms with Crippen molar-refractivity contribution in [1.82, 2.24) is 15.4 Å². The summed E-state index contributed by atoms with van der Waals surface area (Å²) in [5.74, 6) is 5.76. The van der Waals surface area contributed by atoms with Gasteiger partial charge in [0.15, 0.2) is 0 Å². The lowest BCUT2D eigenvalue weighted by atomic mass is 9.98. The van der Waals surface area contributed by atoms with Gasteiger partial charge in [-0.05, 0) is 24.6 Å². The van der Waals surface area contributed by atoms with Crippen LogP contribution in [0.2, 0.25) is 0 Å². The highest BCUT2D eigenvalue weighted by atomic mass is 15.2. The van der Waals surface area contributed by atoms with Crippen LogP contribution >= 0.6 is 0 Å². The minimum atomic E-state index is -0.123. The molecule has 2 heterocycles. The molecule has 3 rings (SSSR count). The predicted octanol–water partition coefficient (Wildman–Crippen LogP) is 2.49. The Balaban J connectivity index is 2.14. The number of para-hydroxylation sites is 1. The SMILES string of the molecule is Cc1ccc(C(NN)c2cccc3cccnc23)cn1. The van der Waals surface area contributed by atoms with Gasteiger partial charge in [-0.3, -0.25) is 15.8 Å². The molecule has 0 aliphatic carbocycles. The summed E-state index contributed by atoms with van der Waals surface area (Å²) in [5, 5.41) is 1.10. The molecule has 4 heteroatoms. The Morgan fingerprint density at radius 2 is 1.90 bits per heavy atom. The Hall–Kier alpha value is -2.30. The molecule has 0 saturated heterocycles. The Kier molecular flexibility index (Phi) is 3.41. The maximum Gasteiger partial charge on any atom is 0.0753 e. The third-order valence-electron chi connectivity index (χ3n) is 3.41. The molecule has 0 saturated carbocycles. The van der Waals surface area contributed by atoms with Crippen LogP contribution in [0.5, 0.6) is 0 Å². The zero-order chi connectivity index (χ0) is 13.9. The zero-order valence-electron chi connectivity index (χ0n) is 11.2. The Labute approximate surface area is 117 Å². The Bertz CT molecular complexity index is 717. The fourth-order valence-corrected chi connectivity index (χ4v) is 2.38. The van der Waals surface area contributed by atoms with Gasteiger partial charge < -0.3 is 0 Å². The lowest BCUT2D eigenvalue weighted by molar-refractivity contribution is 0.637. The van der Waals surface area contributed by atoms with Gasteiger partial charge in [0.1, 0.15) is 0 Å². The first kappa shape index (κ1) is 12.7. The van der Waals surface area contributed by atoms with E-state index in [1.54, 1.807) is 6.20 Å². The quantitative estimate of drug-likeness (QED) is 0.563. The molecule has 0 spiro atoms. The molecule has 0 amide bonds. The van der Waals surface area contributed by atoms with Gasteiger partial charge in [-0.25, -0.2) is 5.43 Å². The highest BCUT2D eigenvalue weighted by molar-refractivity contribution is 5.82. The topological polar surface area (TPSA) is 63.8 Å². The molecule has 2 aromatic heterocycles. The molecular formula is C16H16N4. The molecule has 4 nitrogen and oxygen atoms in total. The van der Waals surface area contributed by atoms with Crippen molar-refractivity contribution in [3.05, 3.63) is 71.7 Å². The van der Waals surface area contributed by atoms with Crippen LogP contribution in [-0.4, -0.2) is 9.97 Å². The van der Waals surface area contributed by atoms with E-state index in [4.69, 9.17) is 5.84 Å². The highest BCUT2D eigenvalue weighted by Gasteiger charge is 2.16. The molecule has 1 aromatic carbocycles. The van der Waals surface area contributed by atoms with Crippen LogP contribution in [0.4, 0.5) is 0 Å². The summed E-state index contributed by atoms with van der Waals surface area (Å²) in [4.78, 5) is 8.81. The van der Waals surface area contributed by atoms with Gasteiger partial charge >= 0.3 is 0 Å². The summed E-state index contributed by atoms with van der Waals surface area (Å²) in [6.07, 6.45) is 3.65. The van der Waals surface area contributed by atoms with E-state index < -0.39 is 0 Å². The number of aryl methyl sites for hydroxylation is 1. The average molecular weight is 264 g/mol. The van der Waals surface area contributed by atoms with Crippen molar-refractivity contribution in [2.24, 2.45) is 5.84 Å². The molecule has 0 aliphatic rings. The van der Waals surface area contributed by atoms with Crippen LogP contribution in [0.3, 0.4) is 0 Å². The number of nitrogens with one attached hydrogen (secondary N) is 1. The predicted molar refractivity (Wildman–Crippen MR) is 79.9 cm³/mol.